The third-order valence-electron chi connectivity index (χ3n) is 2.79. The third-order valence-corrected chi connectivity index (χ3v) is 2.79. The number of hydrogen-bond donors (Lipinski definition) is 1. The van der Waals surface area contributed by atoms with Crippen LogP contribution in [0.4, 0.5) is 4.39 Å². The van der Waals surface area contributed by atoms with Crippen LogP contribution in [0.15, 0.2) is 54.6 Å². The van der Waals surface area contributed by atoms with Crippen LogP contribution in [-0.2, 0) is 14.3 Å². The van der Waals surface area contributed by atoms with E-state index in [1.165, 1.54) is 18.2 Å². The van der Waals surface area contributed by atoms with Crippen molar-refractivity contribution < 1.29 is 23.5 Å². The minimum atomic E-state index is -1.21. The van der Waals surface area contributed by atoms with Gasteiger partial charge >= 0.3 is 5.97 Å². The van der Waals surface area contributed by atoms with Gasteiger partial charge in [-0.2, -0.15) is 0 Å². The van der Waals surface area contributed by atoms with E-state index in [1.54, 1.807) is 36.4 Å². The molecule has 0 heterocycles. The average Bonchev–Trinajstić information content (AvgIpc) is 2.52. The first-order valence-corrected chi connectivity index (χ1v) is 6.49. The van der Waals surface area contributed by atoms with Crippen LogP contribution in [0.2, 0.25) is 0 Å². The lowest BCUT2D eigenvalue weighted by Gasteiger charge is -2.15. The van der Waals surface area contributed by atoms with Crippen molar-refractivity contribution in [3.8, 4) is 5.75 Å². The molecule has 0 saturated carbocycles. The molecule has 114 valence electrons. The van der Waals surface area contributed by atoms with E-state index in [1.807, 2.05) is 0 Å². The van der Waals surface area contributed by atoms with Crippen molar-refractivity contribution in [2.75, 3.05) is 6.61 Å². The standard InChI is InChI=1S/C16H14FNO4/c17-12-8-4-5-9-13(12)21-10-14(19)22-15(16(18)20)11-6-2-1-3-7-11/h1-9,15H,10H2,(H2,18,20)/t15-/m1/s1. The number of primary amides is 1. The summed E-state index contributed by atoms with van der Waals surface area (Å²) in [6, 6.07) is 14.0. The van der Waals surface area contributed by atoms with Crippen LogP contribution in [0.5, 0.6) is 5.75 Å². The molecule has 2 N–H and O–H groups in total. The molecule has 0 unspecified atom stereocenters. The predicted molar refractivity (Wildman–Crippen MR) is 76.4 cm³/mol. The number of halogens is 1. The Morgan fingerprint density at radius 2 is 1.68 bits per heavy atom. The van der Waals surface area contributed by atoms with Crippen LogP contribution < -0.4 is 10.5 Å². The first-order valence-electron chi connectivity index (χ1n) is 6.49. The fraction of sp³-hybridized carbons (Fsp3) is 0.125. The Balaban J connectivity index is 1.98. The second-order valence-electron chi connectivity index (χ2n) is 4.40. The van der Waals surface area contributed by atoms with Gasteiger partial charge in [0.05, 0.1) is 0 Å². The van der Waals surface area contributed by atoms with Crippen molar-refractivity contribution in [3.05, 3.63) is 66.0 Å². The van der Waals surface area contributed by atoms with E-state index in [9.17, 15) is 14.0 Å². The molecule has 0 fully saturated rings. The molecular weight excluding hydrogens is 289 g/mol. The summed E-state index contributed by atoms with van der Waals surface area (Å²) in [5.41, 5.74) is 5.68. The van der Waals surface area contributed by atoms with Gasteiger partial charge in [-0.3, -0.25) is 4.79 Å². The molecule has 0 spiro atoms. The van der Waals surface area contributed by atoms with Gasteiger partial charge in [0, 0.05) is 5.56 Å². The molecule has 0 aliphatic rings. The Kier molecular flexibility index (Phi) is 5.08. The van der Waals surface area contributed by atoms with E-state index < -0.39 is 30.4 Å². The molecule has 2 aromatic rings. The summed E-state index contributed by atoms with van der Waals surface area (Å²) in [5, 5.41) is 0. The number of rotatable bonds is 6. The van der Waals surface area contributed by atoms with Gasteiger partial charge in [-0.05, 0) is 12.1 Å². The molecule has 1 amide bonds. The number of amides is 1. The summed E-state index contributed by atoms with van der Waals surface area (Å²) in [4.78, 5) is 23.1. The first kappa shape index (κ1) is 15.5. The lowest BCUT2D eigenvalue weighted by molar-refractivity contribution is -0.157. The molecule has 2 aromatic carbocycles. The average molecular weight is 303 g/mol. The van der Waals surface area contributed by atoms with E-state index >= 15 is 0 Å². The zero-order valence-corrected chi connectivity index (χ0v) is 11.6. The second kappa shape index (κ2) is 7.21. The Hall–Kier alpha value is -2.89. The fourth-order valence-electron chi connectivity index (χ4n) is 1.78. The molecule has 2 rings (SSSR count). The normalized spacial score (nSPS) is 11.5. The first-order chi connectivity index (χ1) is 10.6. The molecule has 0 radical (unpaired) electrons. The van der Waals surface area contributed by atoms with E-state index in [0.29, 0.717) is 5.56 Å². The molecular formula is C16H14FNO4. The van der Waals surface area contributed by atoms with Crippen molar-refractivity contribution in [1.82, 2.24) is 0 Å². The van der Waals surface area contributed by atoms with E-state index in [0.717, 1.165) is 0 Å². The summed E-state index contributed by atoms with van der Waals surface area (Å²) >= 11 is 0. The minimum absolute atomic E-state index is 0.0743. The Morgan fingerprint density at radius 1 is 1.05 bits per heavy atom. The molecule has 5 nitrogen and oxygen atoms in total. The number of nitrogens with two attached hydrogens (primary N) is 1. The van der Waals surface area contributed by atoms with Crippen LogP contribution >= 0.6 is 0 Å². The highest BCUT2D eigenvalue weighted by molar-refractivity contribution is 5.83. The SMILES string of the molecule is NC(=O)[C@H](OC(=O)COc1ccccc1F)c1ccccc1. The number of para-hydroxylation sites is 1. The minimum Gasteiger partial charge on any atom is -0.479 e. The van der Waals surface area contributed by atoms with Crippen LogP contribution in [0.3, 0.4) is 0 Å². The number of carbonyl (C=O) groups is 2. The van der Waals surface area contributed by atoms with Crippen LogP contribution in [0, 0.1) is 5.82 Å². The smallest absolute Gasteiger partial charge is 0.345 e. The summed E-state index contributed by atoms with van der Waals surface area (Å²) in [6.45, 7) is -0.530. The van der Waals surface area contributed by atoms with Gasteiger partial charge in [-0.25, -0.2) is 9.18 Å². The van der Waals surface area contributed by atoms with E-state index in [-0.39, 0.29) is 5.75 Å². The third kappa shape index (κ3) is 4.05. The molecule has 1 atom stereocenters. The van der Waals surface area contributed by atoms with Crippen molar-refractivity contribution in [2.45, 2.75) is 6.10 Å². The van der Waals surface area contributed by atoms with Crippen LogP contribution in [-0.4, -0.2) is 18.5 Å². The van der Waals surface area contributed by atoms with Gasteiger partial charge in [-0.15, -0.1) is 0 Å². The maximum Gasteiger partial charge on any atom is 0.345 e. The van der Waals surface area contributed by atoms with E-state index in [2.05, 4.69) is 0 Å². The van der Waals surface area contributed by atoms with E-state index in [4.69, 9.17) is 15.2 Å². The zero-order valence-electron chi connectivity index (χ0n) is 11.6. The number of ether oxygens (including phenoxy) is 2. The molecule has 0 aromatic heterocycles. The lowest BCUT2D eigenvalue weighted by atomic mass is 10.1. The van der Waals surface area contributed by atoms with Crippen molar-refractivity contribution in [3.63, 3.8) is 0 Å². The maximum absolute atomic E-state index is 13.3. The molecule has 6 heteroatoms. The second-order valence-corrected chi connectivity index (χ2v) is 4.40. The van der Waals surface area contributed by atoms with Crippen LogP contribution in [0.25, 0.3) is 0 Å². The van der Waals surface area contributed by atoms with Gasteiger partial charge in [0.15, 0.2) is 18.2 Å². The Labute approximate surface area is 126 Å². The lowest BCUT2D eigenvalue weighted by Crippen LogP contribution is -2.28. The molecule has 0 saturated heterocycles. The molecule has 0 aliphatic heterocycles. The van der Waals surface area contributed by atoms with Crippen molar-refractivity contribution >= 4 is 11.9 Å². The van der Waals surface area contributed by atoms with Gasteiger partial charge in [-0.1, -0.05) is 42.5 Å². The van der Waals surface area contributed by atoms with Crippen LogP contribution in [0.1, 0.15) is 11.7 Å². The topological polar surface area (TPSA) is 78.6 Å². The van der Waals surface area contributed by atoms with Crippen molar-refractivity contribution in [2.24, 2.45) is 5.73 Å². The highest BCUT2D eigenvalue weighted by Gasteiger charge is 2.22. The zero-order chi connectivity index (χ0) is 15.9. The number of carbonyl (C=O) groups excluding carboxylic acids is 2. The monoisotopic (exact) mass is 303 g/mol. The number of hydrogen-bond acceptors (Lipinski definition) is 4. The predicted octanol–water partition coefficient (Wildman–Crippen LogP) is 1.97. The molecule has 22 heavy (non-hydrogen) atoms. The highest BCUT2D eigenvalue weighted by Crippen LogP contribution is 2.18. The summed E-state index contributed by atoms with van der Waals surface area (Å²) < 4.78 is 23.4. The number of esters is 1. The Bertz CT molecular complexity index is 660. The summed E-state index contributed by atoms with van der Waals surface area (Å²) in [6.07, 6.45) is -1.21. The summed E-state index contributed by atoms with van der Waals surface area (Å²) in [7, 11) is 0. The molecule has 0 bridgehead atoms. The number of benzene rings is 2. The maximum atomic E-state index is 13.3. The molecule has 0 aliphatic carbocycles. The largest absolute Gasteiger partial charge is 0.479 e. The Morgan fingerprint density at radius 3 is 2.32 bits per heavy atom. The quantitative estimate of drug-likeness (QED) is 0.828. The highest BCUT2D eigenvalue weighted by atomic mass is 19.1. The fourth-order valence-corrected chi connectivity index (χ4v) is 1.78. The van der Waals surface area contributed by atoms with Gasteiger partial charge < -0.3 is 15.2 Å². The van der Waals surface area contributed by atoms with Gasteiger partial charge in [0.2, 0.25) is 6.10 Å². The van der Waals surface area contributed by atoms with Gasteiger partial charge in [0.1, 0.15) is 0 Å². The summed E-state index contributed by atoms with van der Waals surface area (Å²) in [5.74, 6) is -2.29. The van der Waals surface area contributed by atoms with Crippen molar-refractivity contribution in [1.29, 1.82) is 0 Å². The van der Waals surface area contributed by atoms with Gasteiger partial charge in [0.25, 0.3) is 5.91 Å².